The van der Waals surface area contributed by atoms with E-state index in [9.17, 15) is 4.79 Å². The zero-order valence-electron chi connectivity index (χ0n) is 14.9. The second-order valence-electron chi connectivity index (χ2n) is 6.04. The Balaban J connectivity index is 0.00000196. The largest absolute Gasteiger partial charge is 0.494 e. The third-order valence-corrected chi connectivity index (χ3v) is 4.67. The van der Waals surface area contributed by atoms with E-state index in [1.54, 1.807) is 19.2 Å². The molecule has 0 atom stereocenters. The highest BCUT2D eigenvalue weighted by atomic mass is 35.5. The maximum Gasteiger partial charge on any atom is 0.157 e. The van der Waals surface area contributed by atoms with Gasteiger partial charge < -0.3 is 13.9 Å². The van der Waals surface area contributed by atoms with E-state index in [-0.39, 0.29) is 12.4 Å². The molecular formula is C20H20ClN3O2. The Labute approximate surface area is 157 Å². The number of imidazole rings is 1. The molecule has 0 spiro atoms. The van der Waals surface area contributed by atoms with E-state index in [4.69, 9.17) is 9.72 Å². The first-order chi connectivity index (χ1) is 12.2. The average Bonchev–Trinajstić information content (AvgIpc) is 3.18. The fraction of sp³-hybridized carbons (Fsp3) is 0.200. The van der Waals surface area contributed by atoms with Crippen LogP contribution in [-0.4, -0.2) is 27.5 Å². The van der Waals surface area contributed by atoms with Gasteiger partial charge in [-0.05, 0) is 31.2 Å². The molecule has 2 aromatic heterocycles. The topological polar surface area (TPSA) is 49.1 Å². The minimum Gasteiger partial charge on any atom is -0.494 e. The number of benzene rings is 2. The Morgan fingerprint density at radius 2 is 1.96 bits per heavy atom. The van der Waals surface area contributed by atoms with E-state index in [0.717, 1.165) is 35.4 Å². The maximum absolute atomic E-state index is 11.2. The quantitative estimate of drug-likeness (QED) is 0.499. The number of aromatic nitrogens is 3. The van der Waals surface area contributed by atoms with Crippen LogP contribution in [0.3, 0.4) is 0 Å². The molecule has 0 radical (unpaired) electrons. The minimum atomic E-state index is 0. The van der Waals surface area contributed by atoms with Crippen molar-refractivity contribution in [1.29, 1.82) is 0 Å². The lowest BCUT2D eigenvalue weighted by molar-refractivity contribution is 0.112. The molecule has 0 saturated heterocycles. The molecule has 0 bridgehead atoms. The van der Waals surface area contributed by atoms with Crippen LogP contribution in [0.2, 0.25) is 0 Å². The minimum absolute atomic E-state index is 0. The molecule has 134 valence electrons. The van der Waals surface area contributed by atoms with E-state index in [1.165, 1.54) is 10.9 Å². The summed E-state index contributed by atoms with van der Waals surface area (Å²) in [5, 5.41) is 1.19. The zero-order chi connectivity index (χ0) is 17.6. The lowest BCUT2D eigenvalue weighted by atomic mass is 10.2. The number of hydrogen-bond donors (Lipinski definition) is 0. The van der Waals surface area contributed by atoms with Gasteiger partial charge in [0, 0.05) is 30.1 Å². The normalized spacial score (nSPS) is 10.9. The maximum atomic E-state index is 11.2. The molecule has 0 aliphatic rings. The van der Waals surface area contributed by atoms with Crippen molar-refractivity contribution < 1.29 is 9.53 Å². The fourth-order valence-corrected chi connectivity index (χ4v) is 3.52. The number of fused-ring (bicyclic) bond motifs is 2. The number of aldehydes is 1. The van der Waals surface area contributed by atoms with Crippen LogP contribution in [0.1, 0.15) is 17.3 Å². The number of para-hydroxylation sites is 1. The average molecular weight is 370 g/mol. The van der Waals surface area contributed by atoms with Crippen LogP contribution in [0.25, 0.3) is 33.5 Å². The fourth-order valence-electron chi connectivity index (χ4n) is 3.52. The lowest BCUT2D eigenvalue weighted by Crippen LogP contribution is -2.01. The van der Waals surface area contributed by atoms with E-state index in [1.807, 2.05) is 23.7 Å². The summed E-state index contributed by atoms with van der Waals surface area (Å²) >= 11 is 0. The number of rotatable bonds is 4. The van der Waals surface area contributed by atoms with Gasteiger partial charge >= 0.3 is 0 Å². The van der Waals surface area contributed by atoms with E-state index in [0.29, 0.717) is 11.3 Å². The molecule has 0 aliphatic carbocycles. The van der Waals surface area contributed by atoms with Gasteiger partial charge in [-0.2, -0.15) is 0 Å². The van der Waals surface area contributed by atoms with Gasteiger partial charge in [-0.3, -0.25) is 4.79 Å². The summed E-state index contributed by atoms with van der Waals surface area (Å²) in [7, 11) is 3.59. The summed E-state index contributed by atoms with van der Waals surface area (Å²) in [6.07, 6.45) is 0.819. The van der Waals surface area contributed by atoms with Crippen LogP contribution >= 0.6 is 12.4 Å². The van der Waals surface area contributed by atoms with Crippen LogP contribution in [0.5, 0.6) is 5.75 Å². The Morgan fingerprint density at radius 3 is 2.65 bits per heavy atom. The van der Waals surface area contributed by atoms with E-state index >= 15 is 0 Å². The molecule has 4 aromatic rings. The summed E-state index contributed by atoms with van der Waals surface area (Å²) in [6.45, 7) is 2.98. The SMILES string of the molecule is CCn1c(-c2nc3cc(C=O)cc(OC)c3n2C)cc2ccccc21.Cl. The summed E-state index contributed by atoms with van der Waals surface area (Å²) in [4.78, 5) is 16.0. The van der Waals surface area contributed by atoms with Gasteiger partial charge in [-0.25, -0.2) is 4.98 Å². The Hall–Kier alpha value is -2.79. The summed E-state index contributed by atoms with van der Waals surface area (Å²) in [5.41, 5.74) is 4.44. The van der Waals surface area contributed by atoms with Crippen molar-refractivity contribution in [3.8, 4) is 17.3 Å². The number of methoxy groups -OCH3 is 1. The molecule has 5 nitrogen and oxygen atoms in total. The second kappa shape index (κ2) is 6.84. The number of halogens is 1. The van der Waals surface area contributed by atoms with Gasteiger partial charge in [-0.15, -0.1) is 12.4 Å². The first-order valence-electron chi connectivity index (χ1n) is 8.26. The van der Waals surface area contributed by atoms with Crippen LogP contribution in [0.15, 0.2) is 42.5 Å². The van der Waals surface area contributed by atoms with Crippen LogP contribution in [0, 0.1) is 0 Å². The third kappa shape index (κ3) is 2.56. The Kier molecular flexibility index (Phi) is 4.74. The van der Waals surface area contributed by atoms with Crippen molar-refractivity contribution >= 4 is 40.6 Å². The van der Waals surface area contributed by atoms with Gasteiger partial charge in [0.25, 0.3) is 0 Å². The predicted molar refractivity (Wildman–Crippen MR) is 107 cm³/mol. The molecule has 0 N–H and O–H groups in total. The molecule has 26 heavy (non-hydrogen) atoms. The first kappa shape index (κ1) is 18.0. The second-order valence-corrected chi connectivity index (χ2v) is 6.04. The molecule has 6 heteroatoms. The van der Waals surface area contributed by atoms with Crippen molar-refractivity contribution in [3.63, 3.8) is 0 Å². The highest BCUT2D eigenvalue weighted by Gasteiger charge is 2.18. The number of hydrogen-bond acceptors (Lipinski definition) is 3. The van der Waals surface area contributed by atoms with Gasteiger partial charge in [0.1, 0.15) is 17.6 Å². The van der Waals surface area contributed by atoms with Crippen molar-refractivity contribution in [3.05, 3.63) is 48.0 Å². The molecule has 0 amide bonds. The molecule has 0 saturated carbocycles. The van der Waals surface area contributed by atoms with Crippen LogP contribution in [0.4, 0.5) is 0 Å². The monoisotopic (exact) mass is 369 g/mol. The number of carbonyl (C=O) groups is 1. The number of carbonyl (C=O) groups excluding carboxylic acids is 1. The predicted octanol–water partition coefficient (Wildman–Crippen LogP) is 4.46. The van der Waals surface area contributed by atoms with Gasteiger partial charge in [0.05, 0.1) is 18.3 Å². The zero-order valence-corrected chi connectivity index (χ0v) is 15.7. The summed E-state index contributed by atoms with van der Waals surface area (Å²) < 4.78 is 9.77. The molecule has 2 aromatic carbocycles. The molecule has 4 rings (SSSR count). The van der Waals surface area contributed by atoms with Crippen molar-refractivity contribution in [2.45, 2.75) is 13.5 Å². The van der Waals surface area contributed by atoms with Crippen molar-refractivity contribution in [2.75, 3.05) is 7.11 Å². The molecule has 0 fully saturated rings. The molecule has 2 heterocycles. The molecule has 0 unspecified atom stereocenters. The van der Waals surface area contributed by atoms with E-state index in [2.05, 4.69) is 29.7 Å². The standard InChI is InChI=1S/C20H19N3O2.ClH/c1-4-23-16-8-6-5-7-14(16)11-17(23)20-21-15-9-13(12-24)10-18(25-3)19(15)22(20)2;/h5-12H,4H2,1-3H3;1H. The van der Waals surface area contributed by atoms with Gasteiger partial charge in [-0.1, -0.05) is 18.2 Å². The Morgan fingerprint density at radius 1 is 1.19 bits per heavy atom. The highest BCUT2D eigenvalue weighted by Crippen LogP contribution is 2.33. The number of aryl methyl sites for hydroxylation is 2. The molecule has 0 aliphatic heterocycles. The first-order valence-corrected chi connectivity index (χ1v) is 8.26. The van der Waals surface area contributed by atoms with Crippen LogP contribution < -0.4 is 4.74 Å². The highest BCUT2D eigenvalue weighted by molar-refractivity contribution is 5.93. The van der Waals surface area contributed by atoms with Crippen molar-refractivity contribution in [2.24, 2.45) is 7.05 Å². The number of nitrogens with zero attached hydrogens (tertiary/aromatic N) is 3. The van der Waals surface area contributed by atoms with Gasteiger partial charge in [0.2, 0.25) is 0 Å². The lowest BCUT2D eigenvalue weighted by Gasteiger charge is -2.09. The Bertz CT molecular complexity index is 1110. The number of ether oxygens (including phenoxy) is 1. The third-order valence-electron chi connectivity index (χ3n) is 4.67. The summed E-state index contributed by atoms with van der Waals surface area (Å²) in [5.74, 6) is 1.51. The smallest absolute Gasteiger partial charge is 0.157 e. The van der Waals surface area contributed by atoms with Crippen LogP contribution in [-0.2, 0) is 13.6 Å². The van der Waals surface area contributed by atoms with Crippen molar-refractivity contribution in [1.82, 2.24) is 14.1 Å². The van der Waals surface area contributed by atoms with E-state index < -0.39 is 0 Å². The van der Waals surface area contributed by atoms with Gasteiger partial charge in [0.15, 0.2) is 5.82 Å². The molecular weight excluding hydrogens is 350 g/mol. The summed E-state index contributed by atoms with van der Waals surface area (Å²) in [6, 6.07) is 14.0.